The molecule has 1 N–H and O–H groups in total. The Morgan fingerprint density at radius 2 is 1.67 bits per heavy atom. The molecule has 1 atom stereocenters. The third-order valence-electron chi connectivity index (χ3n) is 3.78. The van der Waals surface area contributed by atoms with Crippen LogP contribution in [-0.2, 0) is 15.8 Å². The number of sulfonamides is 1. The molecule has 0 spiro atoms. The zero-order valence-electron chi connectivity index (χ0n) is 15.5. The first-order valence-electron chi connectivity index (χ1n) is 8.59. The van der Waals surface area contributed by atoms with E-state index >= 15 is 0 Å². The summed E-state index contributed by atoms with van der Waals surface area (Å²) in [7, 11) is -3.61. The standard InChI is InChI=1S/C19H23Cl2NO4S/c1-4-25-18-9-7-14(10-19(18)26-5-2)13(3)22-27(23,24)12-15-6-8-16(20)11-17(15)21/h6-11,13,22H,4-5,12H2,1-3H3. The molecule has 0 aliphatic carbocycles. The van der Waals surface area contributed by atoms with Crippen molar-refractivity contribution in [2.24, 2.45) is 0 Å². The van der Waals surface area contributed by atoms with Gasteiger partial charge >= 0.3 is 0 Å². The van der Waals surface area contributed by atoms with E-state index in [0.717, 1.165) is 5.56 Å². The van der Waals surface area contributed by atoms with Crippen molar-refractivity contribution in [3.8, 4) is 11.5 Å². The van der Waals surface area contributed by atoms with Crippen molar-refractivity contribution >= 4 is 33.2 Å². The molecule has 0 saturated heterocycles. The lowest BCUT2D eigenvalue weighted by molar-refractivity contribution is 0.287. The summed E-state index contributed by atoms with van der Waals surface area (Å²) in [5, 5.41) is 0.778. The average Bonchev–Trinajstić information content (AvgIpc) is 2.59. The molecule has 0 amide bonds. The fourth-order valence-electron chi connectivity index (χ4n) is 2.56. The molecular weight excluding hydrogens is 409 g/mol. The molecule has 0 radical (unpaired) electrons. The monoisotopic (exact) mass is 431 g/mol. The van der Waals surface area contributed by atoms with Gasteiger partial charge in [0.25, 0.3) is 0 Å². The van der Waals surface area contributed by atoms with Gasteiger partial charge in [0.1, 0.15) is 0 Å². The van der Waals surface area contributed by atoms with Crippen molar-refractivity contribution in [2.75, 3.05) is 13.2 Å². The molecular formula is C19H23Cl2NO4S. The molecule has 0 fully saturated rings. The Hall–Kier alpha value is -1.47. The molecule has 8 heteroatoms. The SMILES string of the molecule is CCOc1ccc(C(C)NS(=O)(=O)Cc2ccc(Cl)cc2Cl)cc1OCC. The van der Waals surface area contributed by atoms with Crippen LogP contribution in [0.15, 0.2) is 36.4 Å². The van der Waals surface area contributed by atoms with E-state index in [-0.39, 0.29) is 5.75 Å². The number of benzene rings is 2. The molecule has 0 bridgehead atoms. The molecule has 1 unspecified atom stereocenters. The second kappa shape index (κ2) is 9.64. The lowest BCUT2D eigenvalue weighted by atomic mass is 10.1. The van der Waals surface area contributed by atoms with Gasteiger partial charge in [0.2, 0.25) is 10.0 Å². The summed E-state index contributed by atoms with van der Waals surface area (Å²) in [6.45, 7) is 6.54. The van der Waals surface area contributed by atoms with Crippen molar-refractivity contribution < 1.29 is 17.9 Å². The number of halogens is 2. The van der Waals surface area contributed by atoms with E-state index in [0.29, 0.717) is 40.3 Å². The topological polar surface area (TPSA) is 64.6 Å². The fraction of sp³-hybridized carbons (Fsp3) is 0.368. The Morgan fingerprint density at radius 1 is 1.00 bits per heavy atom. The van der Waals surface area contributed by atoms with Crippen LogP contribution in [0.5, 0.6) is 11.5 Å². The van der Waals surface area contributed by atoms with E-state index in [1.54, 1.807) is 31.2 Å². The maximum absolute atomic E-state index is 12.5. The van der Waals surface area contributed by atoms with Gasteiger partial charge in [-0.15, -0.1) is 0 Å². The summed E-state index contributed by atoms with van der Waals surface area (Å²) >= 11 is 11.9. The summed E-state index contributed by atoms with van der Waals surface area (Å²) < 4.78 is 38.9. The summed E-state index contributed by atoms with van der Waals surface area (Å²) in [5.41, 5.74) is 1.26. The molecule has 0 aromatic heterocycles. The molecule has 2 rings (SSSR count). The summed E-state index contributed by atoms with van der Waals surface area (Å²) in [5.74, 6) is 0.984. The molecule has 5 nitrogen and oxygen atoms in total. The minimum atomic E-state index is -3.61. The van der Waals surface area contributed by atoms with Crippen LogP contribution in [0.3, 0.4) is 0 Å². The van der Waals surface area contributed by atoms with Gasteiger partial charge in [0.05, 0.1) is 19.0 Å². The number of hydrogen-bond donors (Lipinski definition) is 1. The lowest BCUT2D eigenvalue weighted by Gasteiger charge is -2.18. The highest BCUT2D eigenvalue weighted by Crippen LogP contribution is 2.31. The van der Waals surface area contributed by atoms with E-state index in [1.807, 2.05) is 19.9 Å². The average molecular weight is 432 g/mol. The van der Waals surface area contributed by atoms with Crippen LogP contribution in [0.2, 0.25) is 10.0 Å². The Labute approximate surface area is 170 Å². The summed E-state index contributed by atoms with van der Waals surface area (Å²) in [6.07, 6.45) is 0. The quantitative estimate of drug-likeness (QED) is 0.608. The Balaban J connectivity index is 2.17. The third-order valence-corrected chi connectivity index (χ3v) is 5.78. The van der Waals surface area contributed by atoms with Gasteiger partial charge in [-0.05, 0) is 56.2 Å². The Morgan fingerprint density at radius 3 is 2.30 bits per heavy atom. The largest absolute Gasteiger partial charge is 0.490 e. The van der Waals surface area contributed by atoms with Gasteiger partial charge in [-0.2, -0.15) is 0 Å². The van der Waals surface area contributed by atoms with E-state index in [1.165, 1.54) is 6.07 Å². The normalized spacial score (nSPS) is 12.6. The molecule has 0 heterocycles. The maximum Gasteiger partial charge on any atom is 0.216 e. The molecule has 0 saturated carbocycles. The number of rotatable bonds is 9. The van der Waals surface area contributed by atoms with Crippen LogP contribution in [0.4, 0.5) is 0 Å². The van der Waals surface area contributed by atoms with Gasteiger partial charge in [0.15, 0.2) is 11.5 Å². The molecule has 148 valence electrons. The Bertz CT molecular complexity index is 887. The first kappa shape index (κ1) is 21.8. The molecule has 2 aromatic rings. The first-order valence-corrected chi connectivity index (χ1v) is 11.0. The van der Waals surface area contributed by atoms with Crippen LogP contribution < -0.4 is 14.2 Å². The first-order chi connectivity index (χ1) is 12.8. The molecule has 0 aliphatic heterocycles. The minimum absolute atomic E-state index is 0.233. The number of nitrogens with one attached hydrogen (secondary N) is 1. The van der Waals surface area contributed by atoms with Gasteiger partial charge in [-0.1, -0.05) is 35.3 Å². The minimum Gasteiger partial charge on any atom is -0.490 e. The Kier molecular flexibility index (Phi) is 7.79. The predicted molar refractivity (Wildman–Crippen MR) is 109 cm³/mol. The number of ether oxygens (including phenoxy) is 2. The fourth-order valence-corrected chi connectivity index (χ4v) is 4.53. The van der Waals surface area contributed by atoms with E-state index < -0.39 is 16.1 Å². The van der Waals surface area contributed by atoms with Gasteiger partial charge in [-0.25, -0.2) is 13.1 Å². The van der Waals surface area contributed by atoms with Crippen molar-refractivity contribution in [1.82, 2.24) is 4.72 Å². The highest BCUT2D eigenvalue weighted by molar-refractivity contribution is 7.88. The second-order valence-corrected chi connectivity index (χ2v) is 8.50. The zero-order valence-corrected chi connectivity index (χ0v) is 17.8. The van der Waals surface area contributed by atoms with E-state index in [2.05, 4.69) is 4.72 Å². The summed E-state index contributed by atoms with van der Waals surface area (Å²) in [6, 6.07) is 9.69. The maximum atomic E-state index is 12.5. The second-order valence-electron chi connectivity index (χ2n) is 5.91. The van der Waals surface area contributed by atoms with Crippen molar-refractivity contribution in [1.29, 1.82) is 0 Å². The molecule has 0 aliphatic rings. The smallest absolute Gasteiger partial charge is 0.216 e. The lowest BCUT2D eigenvalue weighted by Crippen LogP contribution is -2.28. The van der Waals surface area contributed by atoms with Crippen LogP contribution in [0, 0.1) is 0 Å². The van der Waals surface area contributed by atoms with Crippen LogP contribution in [0.25, 0.3) is 0 Å². The molecule has 2 aromatic carbocycles. The summed E-state index contributed by atoms with van der Waals surface area (Å²) in [4.78, 5) is 0. The van der Waals surface area contributed by atoms with Crippen molar-refractivity contribution in [3.05, 3.63) is 57.6 Å². The van der Waals surface area contributed by atoms with E-state index in [9.17, 15) is 8.42 Å². The van der Waals surface area contributed by atoms with Crippen molar-refractivity contribution in [2.45, 2.75) is 32.6 Å². The highest BCUT2D eigenvalue weighted by Gasteiger charge is 2.19. The van der Waals surface area contributed by atoms with Gasteiger partial charge < -0.3 is 9.47 Å². The number of hydrogen-bond acceptors (Lipinski definition) is 4. The third kappa shape index (κ3) is 6.28. The van der Waals surface area contributed by atoms with Gasteiger partial charge in [-0.3, -0.25) is 0 Å². The highest BCUT2D eigenvalue weighted by atomic mass is 35.5. The van der Waals surface area contributed by atoms with E-state index in [4.69, 9.17) is 32.7 Å². The van der Waals surface area contributed by atoms with Crippen LogP contribution >= 0.6 is 23.2 Å². The van der Waals surface area contributed by atoms with Crippen LogP contribution in [-0.4, -0.2) is 21.6 Å². The van der Waals surface area contributed by atoms with Gasteiger partial charge in [0, 0.05) is 16.1 Å². The predicted octanol–water partition coefficient (Wildman–Crippen LogP) is 4.97. The van der Waals surface area contributed by atoms with Crippen molar-refractivity contribution in [3.63, 3.8) is 0 Å². The molecule has 27 heavy (non-hydrogen) atoms. The zero-order chi connectivity index (χ0) is 20.0. The van der Waals surface area contributed by atoms with Crippen LogP contribution in [0.1, 0.15) is 37.9 Å².